The van der Waals surface area contributed by atoms with E-state index in [0.29, 0.717) is 16.4 Å². The van der Waals surface area contributed by atoms with Gasteiger partial charge in [-0.2, -0.15) is 10.4 Å². The molecule has 0 bridgehead atoms. The summed E-state index contributed by atoms with van der Waals surface area (Å²) >= 11 is 12.2. The molecule has 0 amide bonds. The molecule has 4 aromatic rings. The van der Waals surface area contributed by atoms with Crippen LogP contribution >= 0.6 is 23.2 Å². The first-order valence-corrected chi connectivity index (χ1v) is 9.16. The molecule has 0 aliphatic rings. The van der Waals surface area contributed by atoms with Gasteiger partial charge in [0.05, 0.1) is 29.8 Å². The van der Waals surface area contributed by atoms with Gasteiger partial charge in [0.15, 0.2) is 0 Å². The number of rotatable bonds is 4. The first-order valence-electron chi connectivity index (χ1n) is 8.41. The molecule has 0 saturated heterocycles. The summed E-state index contributed by atoms with van der Waals surface area (Å²) in [5, 5.41) is 14.5. The molecule has 6 nitrogen and oxygen atoms in total. The van der Waals surface area contributed by atoms with Crippen LogP contribution in [-0.2, 0) is 6.54 Å². The lowest BCUT2D eigenvalue weighted by molar-refractivity contribution is 0.632. The summed E-state index contributed by atoms with van der Waals surface area (Å²) in [7, 11) is 0. The monoisotopic (exact) mass is 409 g/mol. The number of hydrogen-bond acceptors (Lipinski definition) is 4. The Balaban J connectivity index is 1.71. The van der Waals surface area contributed by atoms with Crippen LogP contribution in [0, 0.1) is 11.3 Å². The van der Waals surface area contributed by atoms with Gasteiger partial charge in [0, 0.05) is 10.6 Å². The molecule has 8 heteroatoms. The van der Waals surface area contributed by atoms with Crippen molar-refractivity contribution >= 4 is 34.2 Å². The number of nitriles is 1. The number of nitrogens with one attached hydrogen (secondary N) is 1. The quantitative estimate of drug-likeness (QED) is 0.548. The molecular formula is C20H13Cl2N5O. The number of aromatic amines is 1. The Morgan fingerprint density at radius 3 is 2.61 bits per heavy atom. The number of imidazole rings is 1. The summed E-state index contributed by atoms with van der Waals surface area (Å²) in [4.78, 5) is 20.2. The minimum Gasteiger partial charge on any atom is -0.341 e. The van der Waals surface area contributed by atoms with Crippen LogP contribution in [0.15, 0.2) is 59.5 Å². The van der Waals surface area contributed by atoms with Gasteiger partial charge in [0.25, 0.3) is 5.56 Å². The minimum absolute atomic E-state index is 0.0454. The summed E-state index contributed by atoms with van der Waals surface area (Å²) in [5.41, 5.74) is 2.25. The summed E-state index contributed by atoms with van der Waals surface area (Å²) < 4.78 is 1.25. The maximum absolute atomic E-state index is 12.7. The second-order valence-corrected chi connectivity index (χ2v) is 7.02. The van der Waals surface area contributed by atoms with E-state index < -0.39 is 11.5 Å². The van der Waals surface area contributed by atoms with E-state index in [4.69, 9.17) is 23.2 Å². The van der Waals surface area contributed by atoms with Crippen molar-refractivity contribution in [2.75, 3.05) is 0 Å². The second kappa shape index (κ2) is 7.47. The van der Waals surface area contributed by atoms with Gasteiger partial charge in [-0.3, -0.25) is 4.79 Å². The van der Waals surface area contributed by atoms with Crippen LogP contribution < -0.4 is 5.56 Å². The summed E-state index contributed by atoms with van der Waals surface area (Å²) in [6.07, 6.45) is 1.45. The summed E-state index contributed by atoms with van der Waals surface area (Å²) in [6, 6.07) is 16.7. The van der Waals surface area contributed by atoms with Crippen LogP contribution in [0.2, 0.25) is 10.0 Å². The van der Waals surface area contributed by atoms with Crippen molar-refractivity contribution in [1.82, 2.24) is 19.7 Å². The van der Waals surface area contributed by atoms with Crippen molar-refractivity contribution in [3.05, 3.63) is 92.1 Å². The molecule has 0 aliphatic heterocycles. The fourth-order valence-corrected chi connectivity index (χ4v) is 3.32. The van der Waals surface area contributed by atoms with E-state index in [9.17, 15) is 10.1 Å². The summed E-state index contributed by atoms with van der Waals surface area (Å²) in [5.74, 6) is -0.410. The molecule has 0 spiro atoms. The van der Waals surface area contributed by atoms with Gasteiger partial charge in [0.1, 0.15) is 16.8 Å². The van der Waals surface area contributed by atoms with Crippen LogP contribution in [0.4, 0.5) is 0 Å². The molecule has 2 aromatic heterocycles. The van der Waals surface area contributed by atoms with Gasteiger partial charge in [-0.25, -0.2) is 9.67 Å². The molecule has 138 valence electrons. The first-order chi connectivity index (χ1) is 13.6. The molecule has 0 saturated carbocycles. The van der Waals surface area contributed by atoms with Crippen molar-refractivity contribution in [2.45, 2.75) is 12.5 Å². The average molecular weight is 410 g/mol. The second-order valence-electron chi connectivity index (χ2n) is 6.20. The molecule has 4 rings (SSSR count). The molecule has 1 atom stereocenters. The van der Waals surface area contributed by atoms with Crippen molar-refractivity contribution in [2.24, 2.45) is 0 Å². The largest absolute Gasteiger partial charge is 0.341 e. The molecular weight excluding hydrogens is 397 g/mol. The third kappa shape index (κ3) is 3.38. The van der Waals surface area contributed by atoms with Crippen molar-refractivity contribution in [3.63, 3.8) is 0 Å². The Kier molecular flexibility index (Phi) is 4.86. The third-order valence-corrected chi connectivity index (χ3v) is 5.01. The number of hydrogen-bond donors (Lipinski definition) is 1. The van der Waals surface area contributed by atoms with Gasteiger partial charge >= 0.3 is 0 Å². The number of halogens is 2. The number of aromatic nitrogens is 4. The third-order valence-electron chi connectivity index (χ3n) is 4.38. The number of nitrogens with zero attached hydrogens (tertiary/aromatic N) is 4. The molecule has 1 unspecified atom stereocenters. The van der Waals surface area contributed by atoms with Crippen molar-refractivity contribution in [1.29, 1.82) is 5.26 Å². The zero-order valence-electron chi connectivity index (χ0n) is 14.4. The number of para-hydroxylation sites is 2. The van der Waals surface area contributed by atoms with Crippen molar-refractivity contribution < 1.29 is 0 Å². The van der Waals surface area contributed by atoms with Gasteiger partial charge < -0.3 is 4.98 Å². The predicted molar refractivity (Wildman–Crippen MR) is 108 cm³/mol. The van der Waals surface area contributed by atoms with Gasteiger partial charge in [0.2, 0.25) is 0 Å². The maximum atomic E-state index is 12.7. The summed E-state index contributed by atoms with van der Waals surface area (Å²) in [6.45, 7) is 0.248. The van der Waals surface area contributed by atoms with Crippen molar-refractivity contribution in [3.8, 4) is 6.07 Å². The van der Waals surface area contributed by atoms with Crippen LogP contribution in [0.5, 0.6) is 0 Å². The zero-order valence-corrected chi connectivity index (χ0v) is 15.9. The molecule has 0 radical (unpaired) electrons. The first kappa shape index (κ1) is 18.2. The smallest absolute Gasteiger partial charge is 0.286 e. The highest BCUT2D eigenvalue weighted by atomic mass is 35.5. The van der Waals surface area contributed by atoms with E-state index in [0.717, 1.165) is 16.6 Å². The van der Waals surface area contributed by atoms with Gasteiger partial charge in [-0.05, 0) is 29.8 Å². The van der Waals surface area contributed by atoms with E-state index in [1.54, 1.807) is 12.1 Å². The molecule has 0 fully saturated rings. The van der Waals surface area contributed by atoms with E-state index in [1.807, 2.05) is 36.4 Å². The minimum atomic E-state index is -0.828. The van der Waals surface area contributed by atoms with Gasteiger partial charge in [-0.15, -0.1) is 0 Å². The van der Waals surface area contributed by atoms with Gasteiger partial charge in [-0.1, -0.05) is 47.5 Å². The lowest BCUT2D eigenvalue weighted by atomic mass is 10.0. The number of H-pyrrole nitrogens is 1. The topological polar surface area (TPSA) is 87.4 Å². The van der Waals surface area contributed by atoms with E-state index in [2.05, 4.69) is 21.1 Å². The highest BCUT2D eigenvalue weighted by Crippen LogP contribution is 2.27. The number of benzene rings is 2. The molecule has 2 heterocycles. The van der Waals surface area contributed by atoms with E-state index in [-0.39, 0.29) is 11.6 Å². The van der Waals surface area contributed by atoms with Crippen LogP contribution in [0.1, 0.15) is 22.9 Å². The van der Waals surface area contributed by atoms with Crippen LogP contribution in [0.3, 0.4) is 0 Å². The van der Waals surface area contributed by atoms with Crippen LogP contribution in [-0.4, -0.2) is 19.7 Å². The average Bonchev–Trinajstić information content (AvgIpc) is 3.13. The van der Waals surface area contributed by atoms with E-state index >= 15 is 0 Å². The Morgan fingerprint density at radius 2 is 1.89 bits per heavy atom. The molecule has 0 aliphatic carbocycles. The zero-order chi connectivity index (χ0) is 19.7. The normalized spacial score (nSPS) is 12.0. The molecule has 1 N–H and O–H groups in total. The SMILES string of the molecule is N#CC(c1nc2ccccc2[nH]1)c1cnn(Cc2ccc(Cl)cc2)c(=O)c1Cl. The predicted octanol–water partition coefficient (Wildman–Crippen LogP) is 4.13. The highest BCUT2D eigenvalue weighted by molar-refractivity contribution is 6.31. The Bertz CT molecular complexity index is 1220. The lowest BCUT2D eigenvalue weighted by Crippen LogP contribution is -2.25. The van der Waals surface area contributed by atoms with Crippen LogP contribution in [0.25, 0.3) is 11.0 Å². The Morgan fingerprint density at radius 1 is 1.14 bits per heavy atom. The molecule has 2 aromatic carbocycles. The highest BCUT2D eigenvalue weighted by Gasteiger charge is 2.23. The molecule has 28 heavy (non-hydrogen) atoms. The Hall–Kier alpha value is -3.14. The number of fused-ring (bicyclic) bond motifs is 1. The Labute approximate surface area is 170 Å². The lowest BCUT2D eigenvalue weighted by Gasteiger charge is -2.11. The standard InChI is InChI=1S/C20H13Cl2N5O/c21-13-7-5-12(6-8-13)11-27-20(28)18(22)15(10-24-27)14(9-23)19-25-16-3-1-2-4-17(16)26-19/h1-8,10,14H,11H2,(H,25,26). The van der Waals surface area contributed by atoms with E-state index in [1.165, 1.54) is 10.9 Å². The fraction of sp³-hybridized carbons (Fsp3) is 0.100. The maximum Gasteiger partial charge on any atom is 0.286 e. The fourth-order valence-electron chi connectivity index (χ4n) is 2.94.